The highest BCUT2D eigenvalue weighted by atomic mass is 79.9. The van der Waals surface area contributed by atoms with Crippen molar-refractivity contribution in [2.24, 2.45) is 0 Å². The second kappa shape index (κ2) is 7.27. The quantitative estimate of drug-likeness (QED) is 0.861. The molecule has 1 amide bonds. The third kappa shape index (κ3) is 4.33. The Morgan fingerprint density at radius 3 is 2.57 bits per heavy atom. The predicted octanol–water partition coefficient (Wildman–Crippen LogP) is 4.55. The summed E-state index contributed by atoms with van der Waals surface area (Å²) in [5.41, 5.74) is 1.85. The Bertz CT molecular complexity index is 613. The van der Waals surface area contributed by atoms with Crippen molar-refractivity contribution in [1.82, 2.24) is 0 Å². The molecule has 4 heteroatoms. The molecule has 2 rings (SSSR count). The minimum Gasteiger partial charge on any atom is -0.481 e. The van der Waals surface area contributed by atoms with Gasteiger partial charge < -0.3 is 10.1 Å². The molecule has 0 radical (unpaired) electrons. The van der Waals surface area contributed by atoms with Crippen LogP contribution in [-0.2, 0) is 4.79 Å². The molecule has 0 aliphatic heterocycles. The highest BCUT2D eigenvalue weighted by molar-refractivity contribution is 9.10. The fourth-order valence-electron chi connectivity index (χ4n) is 1.93. The zero-order chi connectivity index (χ0) is 15.2. The zero-order valence-electron chi connectivity index (χ0n) is 12.1. The number of amides is 1. The average molecular weight is 348 g/mol. The van der Waals surface area contributed by atoms with Crippen LogP contribution in [0.4, 0.5) is 5.69 Å². The number of hydrogen-bond donors (Lipinski definition) is 1. The van der Waals surface area contributed by atoms with Gasteiger partial charge in [-0.05, 0) is 49.2 Å². The van der Waals surface area contributed by atoms with Crippen molar-refractivity contribution in [3.8, 4) is 5.75 Å². The van der Waals surface area contributed by atoms with E-state index in [1.54, 1.807) is 0 Å². The van der Waals surface area contributed by atoms with Crippen LogP contribution in [-0.4, -0.2) is 12.0 Å². The maximum absolute atomic E-state index is 12.3. The monoisotopic (exact) mass is 347 g/mol. The fraction of sp³-hybridized carbons (Fsp3) is 0.235. The molecule has 0 aliphatic carbocycles. The molecule has 0 saturated heterocycles. The minimum absolute atomic E-state index is 0.136. The Kier molecular flexibility index (Phi) is 5.39. The largest absolute Gasteiger partial charge is 0.481 e. The summed E-state index contributed by atoms with van der Waals surface area (Å²) in [7, 11) is 0. The van der Waals surface area contributed by atoms with Gasteiger partial charge in [-0.2, -0.15) is 0 Å². The molecule has 0 heterocycles. The van der Waals surface area contributed by atoms with Gasteiger partial charge in [0.2, 0.25) is 0 Å². The van der Waals surface area contributed by atoms with Crippen LogP contribution in [0.5, 0.6) is 5.75 Å². The molecular weight excluding hydrogens is 330 g/mol. The molecule has 0 aromatic heterocycles. The van der Waals surface area contributed by atoms with Gasteiger partial charge in [0.1, 0.15) is 5.75 Å². The summed E-state index contributed by atoms with van der Waals surface area (Å²) in [5, 5.41) is 2.90. The fourth-order valence-corrected chi connectivity index (χ4v) is 2.18. The number of para-hydroxylation sites is 1. The molecule has 1 unspecified atom stereocenters. The lowest BCUT2D eigenvalue weighted by Crippen LogP contribution is -2.32. The van der Waals surface area contributed by atoms with Crippen molar-refractivity contribution in [3.63, 3.8) is 0 Å². The Hall–Kier alpha value is -1.81. The number of carbonyl (C=O) groups excluding carboxylic acids is 1. The van der Waals surface area contributed by atoms with Crippen LogP contribution in [0.3, 0.4) is 0 Å². The summed E-state index contributed by atoms with van der Waals surface area (Å²) in [6, 6.07) is 15.1. The van der Waals surface area contributed by atoms with Crippen LogP contribution >= 0.6 is 15.9 Å². The normalized spacial score (nSPS) is 11.8. The first-order chi connectivity index (χ1) is 10.1. The summed E-state index contributed by atoms with van der Waals surface area (Å²) in [5.74, 6) is 0.564. The predicted molar refractivity (Wildman–Crippen MR) is 88.7 cm³/mol. The van der Waals surface area contributed by atoms with E-state index in [0.717, 1.165) is 15.7 Å². The molecule has 3 nitrogen and oxygen atoms in total. The smallest absolute Gasteiger partial charge is 0.265 e. The molecule has 0 bridgehead atoms. The van der Waals surface area contributed by atoms with E-state index in [4.69, 9.17) is 4.74 Å². The molecule has 0 spiro atoms. The number of rotatable bonds is 5. The topological polar surface area (TPSA) is 38.3 Å². The molecular formula is C17H18BrNO2. The summed E-state index contributed by atoms with van der Waals surface area (Å²) in [4.78, 5) is 12.3. The van der Waals surface area contributed by atoms with Gasteiger partial charge in [0.05, 0.1) is 0 Å². The Labute approximate surface area is 133 Å². The van der Waals surface area contributed by atoms with Crippen LogP contribution < -0.4 is 10.1 Å². The van der Waals surface area contributed by atoms with Crippen molar-refractivity contribution in [2.45, 2.75) is 26.4 Å². The van der Waals surface area contributed by atoms with Crippen molar-refractivity contribution in [3.05, 3.63) is 58.6 Å². The second-order valence-electron chi connectivity index (χ2n) is 4.78. The van der Waals surface area contributed by atoms with E-state index in [9.17, 15) is 4.79 Å². The molecule has 0 saturated carbocycles. The highest BCUT2D eigenvalue weighted by Crippen LogP contribution is 2.21. The van der Waals surface area contributed by atoms with Gasteiger partial charge in [0, 0.05) is 10.2 Å². The van der Waals surface area contributed by atoms with Crippen LogP contribution in [0, 0.1) is 6.92 Å². The molecule has 0 fully saturated rings. The molecule has 1 N–H and O–H groups in total. The van der Waals surface area contributed by atoms with Crippen molar-refractivity contribution < 1.29 is 9.53 Å². The standard InChI is InChI=1S/C17H18BrNO2/c1-3-16(21-14-7-5-4-6-8-14)17(20)19-13-9-10-15(18)12(2)11-13/h4-11,16H,3H2,1-2H3,(H,19,20). The third-order valence-corrected chi connectivity index (χ3v) is 4.00. The molecule has 0 aliphatic rings. The summed E-state index contributed by atoms with van der Waals surface area (Å²) >= 11 is 3.45. The van der Waals surface area contributed by atoms with Gasteiger partial charge in [-0.15, -0.1) is 0 Å². The number of anilines is 1. The van der Waals surface area contributed by atoms with Crippen LogP contribution in [0.2, 0.25) is 0 Å². The Morgan fingerprint density at radius 1 is 1.24 bits per heavy atom. The van der Waals surface area contributed by atoms with Crippen molar-refractivity contribution in [1.29, 1.82) is 0 Å². The van der Waals surface area contributed by atoms with Crippen molar-refractivity contribution in [2.75, 3.05) is 5.32 Å². The minimum atomic E-state index is -0.503. The van der Waals surface area contributed by atoms with E-state index in [2.05, 4.69) is 21.2 Å². The molecule has 21 heavy (non-hydrogen) atoms. The van der Waals surface area contributed by atoms with Gasteiger partial charge in [-0.3, -0.25) is 4.79 Å². The number of aryl methyl sites for hydroxylation is 1. The maximum Gasteiger partial charge on any atom is 0.265 e. The number of halogens is 1. The molecule has 2 aromatic rings. The number of hydrogen-bond acceptors (Lipinski definition) is 2. The lowest BCUT2D eigenvalue weighted by Gasteiger charge is -2.17. The van der Waals surface area contributed by atoms with Gasteiger partial charge in [0.15, 0.2) is 6.10 Å². The van der Waals surface area contributed by atoms with Gasteiger partial charge >= 0.3 is 0 Å². The number of benzene rings is 2. The number of nitrogens with one attached hydrogen (secondary N) is 1. The molecule has 2 aromatic carbocycles. The lowest BCUT2D eigenvalue weighted by molar-refractivity contribution is -0.122. The molecule has 1 atom stereocenters. The van der Waals surface area contributed by atoms with E-state index in [0.29, 0.717) is 12.2 Å². The lowest BCUT2D eigenvalue weighted by atomic mass is 10.2. The SMILES string of the molecule is CCC(Oc1ccccc1)C(=O)Nc1ccc(Br)c(C)c1. The van der Waals surface area contributed by atoms with Gasteiger partial charge in [0.25, 0.3) is 5.91 Å². The Balaban J connectivity index is 2.04. The van der Waals surface area contributed by atoms with E-state index in [-0.39, 0.29) is 5.91 Å². The first-order valence-electron chi connectivity index (χ1n) is 6.89. The Morgan fingerprint density at radius 2 is 1.95 bits per heavy atom. The molecule has 110 valence electrons. The summed E-state index contributed by atoms with van der Waals surface area (Å²) < 4.78 is 6.75. The first kappa shape index (κ1) is 15.6. The second-order valence-corrected chi connectivity index (χ2v) is 5.64. The van der Waals surface area contributed by atoms with Gasteiger partial charge in [-0.1, -0.05) is 41.1 Å². The van der Waals surface area contributed by atoms with Crippen LogP contribution in [0.1, 0.15) is 18.9 Å². The number of carbonyl (C=O) groups is 1. The van der Waals surface area contributed by atoms with Crippen LogP contribution in [0.15, 0.2) is 53.0 Å². The van der Waals surface area contributed by atoms with Gasteiger partial charge in [-0.25, -0.2) is 0 Å². The van der Waals surface area contributed by atoms with E-state index >= 15 is 0 Å². The summed E-state index contributed by atoms with van der Waals surface area (Å²) in [6.07, 6.45) is 0.104. The number of ether oxygens (including phenoxy) is 1. The van der Waals surface area contributed by atoms with E-state index < -0.39 is 6.10 Å². The van der Waals surface area contributed by atoms with Crippen LogP contribution in [0.25, 0.3) is 0 Å². The van der Waals surface area contributed by atoms with E-state index in [1.807, 2.05) is 62.4 Å². The summed E-state index contributed by atoms with van der Waals surface area (Å²) in [6.45, 7) is 3.91. The average Bonchev–Trinajstić information content (AvgIpc) is 2.49. The maximum atomic E-state index is 12.3. The highest BCUT2D eigenvalue weighted by Gasteiger charge is 2.18. The first-order valence-corrected chi connectivity index (χ1v) is 7.68. The van der Waals surface area contributed by atoms with Crippen molar-refractivity contribution >= 4 is 27.5 Å². The van der Waals surface area contributed by atoms with E-state index in [1.165, 1.54) is 0 Å². The third-order valence-electron chi connectivity index (χ3n) is 3.11. The zero-order valence-corrected chi connectivity index (χ0v) is 13.7.